The van der Waals surface area contributed by atoms with Gasteiger partial charge in [0.05, 0.1) is 14.2 Å². The van der Waals surface area contributed by atoms with Gasteiger partial charge in [-0.05, 0) is 45.8 Å². The fourth-order valence-electron chi connectivity index (χ4n) is 2.28. The molecule has 0 fully saturated rings. The molecule has 0 aliphatic rings. The summed E-state index contributed by atoms with van der Waals surface area (Å²) >= 11 is 3.38. The SMILES string of the molecule is COc1cc(C(=O)NCc2ccc(NC(=O)C(C)C)cc2)cc(OC)c1Br. The summed E-state index contributed by atoms with van der Waals surface area (Å²) in [4.78, 5) is 24.2. The van der Waals surface area contributed by atoms with Gasteiger partial charge in [-0.25, -0.2) is 0 Å². The van der Waals surface area contributed by atoms with E-state index in [0.29, 0.717) is 28.1 Å². The Labute approximate surface area is 167 Å². The fourth-order valence-corrected chi connectivity index (χ4v) is 2.83. The standard InChI is InChI=1S/C20H23BrN2O4/c1-12(2)19(24)23-15-7-5-13(6-8-15)11-22-20(25)14-9-16(26-3)18(21)17(10-14)27-4/h5-10,12H,11H2,1-4H3,(H,22,25)(H,23,24). The highest BCUT2D eigenvalue weighted by atomic mass is 79.9. The summed E-state index contributed by atoms with van der Waals surface area (Å²) in [5, 5.41) is 5.69. The molecule has 0 saturated carbocycles. The van der Waals surface area contributed by atoms with Crippen molar-refractivity contribution in [2.45, 2.75) is 20.4 Å². The summed E-state index contributed by atoms with van der Waals surface area (Å²) in [5.74, 6) is 0.684. The van der Waals surface area contributed by atoms with Crippen LogP contribution in [-0.4, -0.2) is 26.0 Å². The predicted octanol–water partition coefficient (Wildman–Crippen LogP) is 3.99. The van der Waals surface area contributed by atoms with Crippen molar-refractivity contribution in [3.63, 3.8) is 0 Å². The average Bonchev–Trinajstić information content (AvgIpc) is 2.67. The molecule has 0 radical (unpaired) electrons. The lowest BCUT2D eigenvalue weighted by Gasteiger charge is -2.12. The van der Waals surface area contributed by atoms with Gasteiger partial charge in [-0.2, -0.15) is 0 Å². The molecule has 0 aromatic heterocycles. The van der Waals surface area contributed by atoms with Gasteiger partial charge < -0.3 is 20.1 Å². The summed E-state index contributed by atoms with van der Waals surface area (Å²) in [6, 6.07) is 10.6. The Hall–Kier alpha value is -2.54. The predicted molar refractivity (Wildman–Crippen MR) is 108 cm³/mol. The first-order valence-corrected chi connectivity index (χ1v) is 9.24. The fraction of sp³-hybridized carbons (Fsp3) is 0.300. The topological polar surface area (TPSA) is 76.7 Å². The number of hydrogen-bond acceptors (Lipinski definition) is 4. The lowest BCUT2D eigenvalue weighted by atomic mass is 10.1. The molecule has 144 valence electrons. The lowest BCUT2D eigenvalue weighted by Crippen LogP contribution is -2.23. The maximum Gasteiger partial charge on any atom is 0.251 e. The number of nitrogens with one attached hydrogen (secondary N) is 2. The van der Waals surface area contributed by atoms with Gasteiger partial charge in [0.1, 0.15) is 16.0 Å². The van der Waals surface area contributed by atoms with Crippen molar-refractivity contribution in [2.75, 3.05) is 19.5 Å². The van der Waals surface area contributed by atoms with Gasteiger partial charge in [-0.15, -0.1) is 0 Å². The molecule has 0 unspecified atom stereocenters. The third-order valence-electron chi connectivity index (χ3n) is 3.91. The molecule has 6 nitrogen and oxygen atoms in total. The van der Waals surface area contributed by atoms with E-state index in [1.165, 1.54) is 14.2 Å². The first kappa shape index (κ1) is 20.8. The summed E-state index contributed by atoms with van der Waals surface area (Å²) in [7, 11) is 3.06. The molecule has 0 aliphatic carbocycles. The van der Waals surface area contributed by atoms with Crippen LogP contribution in [0.2, 0.25) is 0 Å². The lowest BCUT2D eigenvalue weighted by molar-refractivity contribution is -0.118. The van der Waals surface area contributed by atoms with Gasteiger partial charge in [0.25, 0.3) is 5.91 Å². The summed E-state index contributed by atoms with van der Waals surface area (Å²) < 4.78 is 11.2. The zero-order valence-corrected chi connectivity index (χ0v) is 17.3. The molecule has 27 heavy (non-hydrogen) atoms. The molecule has 0 aliphatic heterocycles. The van der Waals surface area contributed by atoms with Crippen LogP contribution < -0.4 is 20.1 Å². The van der Waals surface area contributed by atoms with Gasteiger partial charge in [0.15, 0.2) is 0 Å². The number of methoxy groups -OCH3 is 2. The van der Waals surface area contributed by atoms with Crippen LogP contribution in [0.25, 0.3) is 0 Å². The third-order valence-corrected chi connectivity index (χ3v) is 4.69. The maximum atomic E-state index is 12.5. The molecule has 2 rings (SSSR count). The van der Waals surface area contributed by atoms with E-state index in [-0.39, 0.29) is 17.7 Å². The van der Waals surface area contributed by atoms with Crippen molar-refractivity contribution in [3.8, 4) is 11.5 Å². The average molecular weight is 435 g/mol. The minimum Gasteiger partial charge on any atom is -0.495 e. The molecule has 7 heteroatoms. The smallest absolute Gasteiger partial charge is 0.251 e. The number of ether oxygens (including phenoxy) is 2. The molecule has 0 heterocycles. The second-order valence-electron chi connectivity index (χ2n) is 6.22. The first-order chi connectivity index (χ1) is 12.8. The normalized spacial score (nSPS) is 10.4. The van der Waals surface area contributed by atoms with E-state index in [1.54, 1.807) is 12.1 Å². The number of rotatable bonds is 7. The van der Waals surface area contributed by atoms with E-state index in [1.807, 2.05) is 38.1 Å². The van der Waals surface area contributed by atoms with Crippen LogP contribution in [0.4, 0.5) is 5.69 Å². The number of amides is 2. The van der Waals surface area contributed by atoms with Crippen molar-refractivity contribution >= 4 is 33.4 Å². The highest BCUT2D eigenvalue weighted by Crippen LogP contribution is 2.35. The Morgan fingerprint density at radius 3 is 2.07 bits per heavy atom. The van der Waals surface area contributed by atoms with Crippen LogP contribution in [-0.2, 0) is 11.3 Å². The molecule has 2 N–H and O–H groups in total. The summed E-state index contributed by atoms with van der Waals surface area (Å²) in [5.41, 5.74) is 2.08. The van der Waals surface area contributed by atoms with Gasteiger partial charge in [0.2, 0.25) is 5.91 Å². The Kier molecular flexibility index (Phi) is 7.24. The molecule has 0 spiro atoms. The van der Waals surface area contributed by atoms with E-state index in [2.05, 4.69) is 26.6 Å². The van der Waals surface area contributed by atoms with E-state index in [9.17, 15) is 9.59 Å². The monoisotopic (exact) mass is 434 g/mol. The zero-order chi connectivity index (χ0) is 20.0. The second-order valence-corrected chi connectivity index (χ2v) is 7.01. The molecule has 0 saturated heterocycles. The summed E-state index contributed by atoms with van der Waals surface area (Å²) in [6.45, 7) is 4.04. The van der Waals surface area contributed by atoms with Crippen molar-refractivity contribution in [1.82, 2.24) is 5.32 Å². The van der Waals surface area contributed by atoms with Crippen LogP contribution in [0, 0.1) is 5.92 Å². The van der Waals surface area contributed by atoms with E-state index in [4.69, 9.17) is 9.47 Å². The van der Waals surface area contributed by atoms with Gasteiger partial charge in [0, 0.05) is 23.7 Å². The number of carbonyl (C=O) groups is 2. The highest BCUT2D eigenvalue weighted by molar-refractivity contribution is 9.10. The van der Waals surface area contributed by atoms with Gasteiger partial charge >= 0.3 is 0 Å². The Morgan fingerprint density at radius 1 is 1.04 bits per heavy atom. The van der Waals surface area contributed by atoms with Crippen molar-refractivity contribution in [1.29, 1.82) is 0 Å². The van der Waals surface area contributed by atoms with Crippen LogP contribution in [0.5, 0.6) is 11.5 Å². The number of carbonyl (C=O) groups excluding carboxylic acids is 2. The quantitative estimate of drug-likeness (QED) is 0.690. The van der Waals surface area contributed by atoms with Crippen molar-refractivity contribution in [3.05, 3.63) is 52.0 Å². The van der Waals surface area contributed by atoms with Crippen LogP contribution in [0.15, 0.2) is 40.9 Å². The first-order valence-electron chi connectivity index (χ1n) is 8.45. The van der Waals surface area contributed by atoms with Gasteiger partial charge in [-0.1, -0.05) is 26.0 Å². The Morgan fingerprint density at radius 2 is 1.59 bits per heavy atom. The minimum absolute atomic E-state index is 0.0332. The van der Waals surface area contributed by atoms with Crippen LogP contribution in [0.3, 0.4) is 0 Å². The number of anilines is 1. The Balaban J connectivity index is 2.02. The summed E-state index contributed by atoms with van der Waals surface area (Å²) in [6.07, 6.45) is 0. The van der Waals surface area contributed by atoms with E-state index < -0.39 is 0 Å². The molecular weight excluding hydrogens is 412 g/mol. The minimum atomic E-state index is -0.240. The maximum absolute atomic E-state index is 12.5. The van der Waals surface area contributed by atoms with Crippen LogP contribution in [0.1, 0.15) is 29.8 Å². The largest absolute Gasteiger partial charge is 0.495 e. The number of halogens is 1. The molecular formula is C20H23BrN2O4. The number of benzene rings is 2. The highest BCUT2D eigenvalue weighted by Gasteiger charge is 2.14. The molecule has 2 aromatic carbocycles. The van der Waals surface area contributed by atoms with E-state index >= 15 is 0 Å². The van der Waals surface area contributed by atoms with Crippen molar-refractivity contribution < 1.29 is 19.1 Å². The number of hydrogen-bond donors (Lipinski definition) is 2. The zero-order valence-electron chi connectivity index (χ0n) is 15.8. The van der Waals surface area contributed by atoms with Crippen molar-refractivity contribution in [2.24, 2.45) is 5.92 Å². The van der Waals surface area contributed by atoms with Gasteiger partial charge in [-0.3, -0.25) is 9.59 Å². The molecule has 0 atom stereocenters. The Bertz CT molecular complexity index is 794. The molecule has 2 aromatic rings. The third kappa shape index (κ3) is 5.47. The molecule has 2 amide bonds. The van der Waals surface area contributed by atoms with Crippen LogP contribution >= 0.6 is 15.9 Å². The van der Waals surface area contributed by atoms with E-state index in [0.717, 1.165) is 11.3 Å². The molecule has 0 bridgehead atoms. The second kappa shape index (κ2) is 9.41.